The Bertz CT molecular complexity index is 508. The van der Waals surface area contributed by atoms with Crippen LogP contribution >= 0.6 is 11.6 Å². The molecular weight excluding hydrogens is 246 g/mol. The first-order valence-electron chi connectivity index (χ1n) is 5.83. The summed E-state index contributed by atoms with van der Waals surface area (Å²) in [6, 6.07) is 16.9. The van der Waals surface area contributed by atoms with Gasteiger partial charge in [-0.05, 0) is 36.2 Å². The highest BCUT2D eigenvalue weighted by Crippen LogP contribution is 2.09. The number of carbonyl (C=O) groups is 1. The fourth-order valence-electron chi connectivity index (χ4n) is 1.66. The number of carbonyl (C=O) groups excluding carboxylic acids is 1. The van der Waals surface area contributed by atoms with E-state index in [0.29, 0.717) is 12.1 Å². The summed E-state index contributed by atoms with van der Waals surface area (Å²) >= 11 is 5.81. The van der Waals surface area contributed by atoms with Crippen LogP contribution in [0.5, 0.6) is 0 Å². The van der Waals surface area contributed by atoms with E-state index >= 15 is 0 Å². The summed E-state index contributed by atoms with van der Waals surface area (Å²) in [7, 11) is 0. The molecule has 0 saturated carbocycles. The van der Waals surface area contributed by atoms with Gasteiger partial charge in [-0.3, -0.25) is 4.79 Å². The minimum atomic E-state index is -0.0374. The average molecular weight is 260 g/mol. The quantitative estimate of drug-likeness (QED) is 0.897. The number of nitrogens with one attached hydrogen (secondary N) is 1. The molecule has 0 aliphatic carbocycles. The lowest BCUT2D eigenvalue weighted by atomic mass is 10.1. The predicted molar refractivity (Wildman–Crippen MR) is 73.9 cm³/mol. The Balaban J connectivity index is 1.82. The molecule has 2 aromatic carbocycles. The van der Waals surface area contributed by atoms with Crippen LogP contribution in [-0.4, -0.2) is 12.5 Å². The summed E-state index contributed by atoms with van der Waals surface area (Å²) in [6.07, 6.45) is 0.801. The molecule has 2 rings (SSSR count). The smallest absolute Gasteiger partial charge is 0.251 e. The molecule has 2 nitrogen and oxygen atoms in total. The molecule has 0 heterocycles. The maximum absolute atomic E-state index is 11.8. The minimum absolute atomic E-state index is 0.0374. The van der Waals surface area contributed by atoms with Crippen LogP contribution < -0.4 is 5.32 Å². The highest BCUT2D eigenvalue weighted by Gasteiger charge is 2.03. The Labute approximate surface area is 112 Å². The Morgan fingerprint density at radius 3 is 2.33 bits per heavy atom. The number of hydrogen-bond donors (Lipinski definition) is 1. The molecular formula is C15H14ClNO. The van der Waals surface area contributed by atoms with E-state index in [1.165, 1.54) is 0 Å². The van der Waals surface area contributed by atoms with Crippen LogP contribution in [0.4, 0.5) is 0 Å². The zero-order chi connectivity index (χ0) is 12.8. The Kier molecular flexibility index (Phi) is 4.37. The van der Waals surface area contributed by atoms with Crippen LogP contribution in [0.3, 0.4) is 0 Å². The van der Waals surface area contributed by atoms with Crippen molar-refractivity contribution in [3.8, 4) is 0 Å². The Morgan fingerprint density at radius 2 is 1.67 bits per heavy atom. The molecule has 18 heavy (non-hydrogen) atoms. The van der Waals surface area contributed by atoms with E-state index < -0.39 is 0 Å². The standard InChI is InChI=1S/C15H14ClNO/c16-14-8-6-12(7-9-14)10-11-17-15(18)13-4-2-1-3-5-13/h1-9H,10-11H2,(H,17,18). The second-order valence-electron chi connectivity index (χ2n) is 4.00. The third kappa shape index (κ3) is 3.60. The molecule has 0 spiro atoms. The van der Waals surface area contributed by atoms with E-state index in [1.807, 2.05) is 42.5 Å². The van der Waals surface area contributed by atoms with Crippen molar-refractivity contribution in [3.05, 3.63) is 70.7 Å². The van der Waals surface area contributed by atoms with E-state index in [1.54, 1.807) is 12.1 Å². The third-order valence-electron chi connectivity index (χ3n) is 2.65. The summed E-state index contributed by atoms with van der Waals surface area (Å²) in [4.78, 5) is 11.8. The topological polar surface area (TPSA) is 29.1 Å². The van der Waals surface area contributed by atoms with Gasteiger partial charge in [0.2, 0.25) is 0 Å². The number of rotatable bonds is 4. The molecule has 0 aromatic heterocycles. The van der Waals surface area contributed by atoms with Crippen LogP contribution in [0.25, 0.3) is 0 Å². The summed E-state index contributed by atoms with van der Waals surface area (Å²) in [5.74, 6) is -0.0374. The van der Waals surface area contributed by atoms with E-state index in [4.69, 9.17) is 11.6 Å². The van der Waals surface area contributed by atoms with Crippen LogP contribution in [-0.2, 0) is 6.42 Å². The first-order valence-corrected chi connectivity index (χ1v) is 6.21. The van der Waals surface area contributed by atoms with Gasteiger partial charge in [0, 0.05) is 17.1 Å². The van der Waals surface area contributed by atoms with Gasteiger partial charge in [-0.15, -0.1) is 0 Å². The lowest BCUT2D eigenvalue weighted by Crippen LogP contribution is -2.25. The fourth-order valence-corrected chi connectivity index (χ4v) is 1.79. The molecule has 0 aliphatic rings. The largest absolute Gasteiger partial charge is 0.352 e. The van der Waals surface area contributed by atoms with Crippen molar-refractivity contribution < 1.29 is 4.79 Å². The number of benzene rings is 2. The van der Waals surface area contributed by atoms with Gasteiger partial charge in [0.25, 0.3) is 5.91 Å². The maximum Gasteiger partial charge on any atom is 0.251 e. The van der Waals surface area contributed by atoms with Crippen molar-refractivity contribution in [3.63, 3.8) is 0 Å². The van der Waals surface area contributed by atoms with Crippen LogP contribution in [0.2, 0.25) is 5.02 Å². The van der Waals surface area contributed by atoms with Gasteiger partial charge >= 0.3 is 0 Å². The van der Waals surface area contributed by atoms with E-state index in [-0.39, 0.29) is 5.91 Å². The first kappa shape index (κ1) is 12.7. The number of halogens is 1. The molecule has 0 unspecified atom stereocenters. The van der Waals surface area contributed by atoms with Gasteiger partial charge in [0.15, 0.2) is 0 Å². The number of amides is 1. The second kappa shape index (κ2) is 6.22. The SMILES string of the molecule is O=C(NCCc1ccc(Cl)cc1)c1ccccc1. The Hall–Kier alpha value is -1.80. The van der Waals surface area contributed by atoms with Crippen molar-refractivity contribution in [2.75, 3.05) is 6.54 Å². The van der Waals surface area contributed by atoms with Crippen molar-refractivity contribution in [1.29, 1.82) is 0 Å². The first-order chi connectivity index (χ1) is 8.75. The fraction of sp³-hybridized carbons (Fsp3) is 0.133. The summed E-state index contributed by atoms with van der Waals surface area (Å²) in [5, 5.41) is 3.62. The van der Waals surface area contributed by atoms with Gasteiger partial charge in [0.05, 0.1) is 0 Å². The van der Waals surface area contributed by atoms with Crippen LogP contribution in [0.15, 0.2) is 54.6 Å². The molecule has 0 radical (unpaired) electrons. The van der Waals surface area contributed by atoms with Gasteiger partial charge < -0.3 is 5.32 Å². The van der Waals surface area contributed by atoms with Gasteiger partial charge in [-0.2, -0.15) is 0 Å². The Morgan fingerprint density at radius 1 is 1.00 bits per heavy atom. The summed E-state index contributed by atoms with van der Waals surface area (Å²) in [5.41, 5.74) is 1.85. The predicted octanol–water partition coefficient (Wildman–Crippen LogP) is 3.31. The molecule has 1 amide bonds. The monoisotopic (exact) mass is 259 g/mol. The highest BCUT2D eigenvalue weighted by molar-refractivity contribution is 6.30. The summed E-state index contributed by atoms with van der Waals surface area (Å²) in [6.45, 7) is 0.620. The van der Waals surface area contributed by atoms with E-state index in [9.17, 15) is 4.79 Å². The van der Waals surface area contributed by atoms with Crippen molar-refractivity contribution in [2.45, 2.75) is 6.42 Å². The highest BCUT2D eigenvalue weighted by atomic mass is 35.5. The van der Waals surface area contributed by atoms with Gasteiger partial charge in [-0.1, -0.05) is 41.9 Å². The molecule has 3 heteroatoms. The van der Waals surface area contributed by atoms with E-state index in [2.05, 4.69) is 5.32 Å². The molecule has 0 saturated heterocycles. The zero-order valence-corrected chi connectivity index (χ0v) is 10.7. The molecule has 0 aliphatic heterocycles. The molecule has 0 fully saturated rings. The van der Waals surface area contributed by atoms with Gasteiger partial charge in [0.1, 0.15) is 0 Å². The van der Waals surface area contributed by atoms with Crippen molar-refractivity contribution >= 4 is 17.5 Å². The van der Waals surface area contributed by atoms with Crippen LogP contribution in [0, 0.1) is 0 Å². The maximum atomic E-state index is 11.8. The minimum Gasteiger partial charge on any atom is -0.352 e. The van der Waals surface area contributed by atoms with Gasteiger partial charge in [-0.25, -0.2) is 0 Å². The molecule has 2 aromatic rings. The second-order valence-corrected chi connectivity index (χ2v) is 4.43. The molecule has 0 atom stereocenters. The lowest BCUT2D eigenvalue weighted by Gasteiger charge is -2.05. The lowest BCUT2D eigenvalue weighted by molar-refractivity contribution is 0.0954. The average Bonchev–Trinajstić information content (AvgIpc) is 2.42. The van der Waals surface area contributed by atoms with E-state index in [0.717, 1.165) is 17.0 Å². The van der Waals surface area contributed by atoms with Crippen molar-refractivity contribution in [1.82, 2.24) is 5.32 Å². The van der Waals surface area contributed by atoms with Crippen molar-refractivity contribution in [2.24, 2.45) is 0 Å². The number of hydrogen-bond acceptors (Lipinski definition) is 1. The third-order valence-corrected chi connectivity index (χ3v) is 2.90. The van der Waals surface area contributed by atoms with Crippen LogP contribution in [0.1, 0.15) is 15.9 Å². The molecule has 1 N–H and O–H groups in total. The molecule has 92 valence electrons. The zero-order valence-electron chi connectivity index (χ0n) is 9.90. The summed E-state index contributed by atoms with van der Waals surface area (Å²) < 4.78 is 0. The molecule has 0 bridgehead atoms. The normalized spacial score (nSPS) is 10.1.